The first-order chi connectivity index (χ1) is 7.36. The zero-order chi connectivity index (χ0) is 10.9. The Bertz CT molecular complexity index is 256. The second kappa shape index (κ2) is 7.43. The van der Waals surface area contributed by atoms with Crippen LogP contribution in [0.4, 0.5) is 0 Å². The molecule has 0 aliphatic carbocycles. The molecule has 0 amide bonds. The quantitative estimate of drug-likeness (QED) is 0.789. The van der Waals surface area contributed by atoms with Crippen molar-refractivity contribution in [2.75, 3.05) is 13.1 Å². The number of thiophene rings is 1. The molecule has 1 aliphatic rings. The predicted molar refractivity (Wildman–Crippen MR) is 62.1 cm³/mol. The largest absolute Gasteiger partial charge is 0.483 e. The lowest BCUT2D eigenvalue weighted by atomic mass is 10.1. The smallest absolute Gasteiger partial charge is 0.290 e. The number of nitrogens with zero attached hydrogens (tertiary/aromatic N) is 1. The molecule has 1 aliphatic heterocycles. The lowest BCUT2D eigenvalue weighted by Crippen LogP contribution is -2.28. The number of likely N-dealkylation sites (tertiary alicyclic amines) is 1. The maximum absolute atomic E-state index is 8.36. The summed E-state index contributed by atoms with van der Waals surface area (Å²) in [7, 11) is 0. The van der Waals surface area contributed by atoms with Crippen molar-refractivity contribution in [1.82, 2.24) is 4.90 Å². The number of carboxylic acid groups (broad SMARTS) is 1. The molecule has 15 heavy (non-hydrogen) atoms. The molecule has 0 saturated carbocycles. The van der Waals surface area contributed by atoms with Crippen molar-refractivity contribution in [3.63, 3.8) is 0 Å². The van der Waals surface area contributed by atoms with E-state index in [0.29, 0.717) is 0 Å². The summed E-state index contributed by atoms with van der Waals surface area (Å²) in [6, 6.07) is 2.24. The lowest BCUT2D eigenvalue weighted by molar-refractivity contribution is -0.122. The van der Waals surface area contributed by atoms with E-state index in [1.807, 2.05) is 0 Å². The van der Waals surface area contributed by atoms with Crippen LogP contribution in [0.1, 0.15) is 24.8 Å². The van der Waals surface area contributed by atoms with Crippen LogP contribution in [-0.2, 0) is 11.3 Å². The molecule has 0 atom stereocenters. The number of piperidine rings is 1. The molecule has 0 radical (unpaired) electrons. The standard InChI is InChI=1S/C10H15NS.CH2O2/c1-2-5-11(6-3-1)8-10-4-7-12-9-10;2-1-3/h4,7,9H,1-3,5-6,8H2;1H,(H,2,3). The molecule has 3 nitrogen and oxygen atoms in total. The van der Waals surface area contributed by atoms with E-state index in [1.165, 1.54) is 44.5 Å². The molecule has 1 N–H and O–H groups in total. The highest BCUT2D eigenvalue weighted by Crippen LogP contribution is 2.14. The van der Waals surface area contributed by atoms with Gasteiger partial charge in [-0.1, -0.05) is 6.42 Å². The fourth-order valence-electron chi connectivity index (χ4n) is 1.76. The number of hydrogen-bond donors (Lipinski definition) is 1. The molecule has 1 aromatic heterocycles. The first-order valence-corrected chi connectivity index (χ1v) is 6.12. The average Bonchev–Trinajstić information content (AvgIpc) is 2.73. The fraction of sp³-hybridized carbons (Fsp3) is 0.545. The first kappa shape index (κ1) is 12.2. The van der Waals surface area contributed by atoms with Crippen LogP contribution in [0, 0.1) is 0 Å². The van der Waals surface area contributed by atoms with Crippen LogP contribution in [0.2, 0.25) is 0 Å². The van der Waals surface area contributed by atoms with Gasteiger partial charge in [-0.3, -0.25) is 9.69 Å². The van der Waals surface area contributed by atoms with Gasteiger partial charge >= 0.3 is 0 Å². The highest BCUT2D eigenvalue weighted by atomic mass is 32.1. The van der Waals surface area contributed by atoms with Crippen LogP contribution >= 0.6 is 11.3 Å². The van der Waals surface area contributed by atoms with Crippen LogP contribution in [0.25, 0.3) is 0 Å². The van der Waals surface area contributed by atoms with E-state index in [4.69, 9.17) is 9.90 Å². The van der Waals surface area contributed by atoms with Gasteiger partial charge in [-0.15, -0.1) is 0 Å². The van der Waals surface area contributed by atoms with E-state index < -0.39 is 0 Å². The number of hydrogen-bond acceptors (Lipinski definition) is 3. The minimum absolute atomic E-state index is 0.250. The topological polar surface area (TPSA) is 40.5 Å². The third kappa shape index (κ3) is 4.95. The summed E-state index contributed by atoms with van der Waals surface area (Å²) >= 11 is 1.80. The maximum Gasteiger partial charge on any atom is 0.290 e. The summed E-state index contributed by atoms with van der Waals surface area (Å²) in [5.74, 6) is 0. The van der Waals surface area contributed by atoms with Gasteiger partial charge in [-0.2, -0.15) is 11.3 Å². The Morgan fingerprint density at radius 3 is 2.60 bits per heavy atom. The zero-order valence-electron chi connectivity index (χ0n) is 8.76. The lowest BCUT2D eigenvalue weighted by Gasteiger charge is -2.25. The van der Waals surface area contributed by atoms with Crippen LogP contribution in [0.3, 0.4) is 0 Å². The summed E-state index contributed by atoms with van der Waals surface area (Å²) in [5.41, 5.74) is 1.49. The Labute approximate surface area is 94.3 Å². The zero-order valence-corrected chi connectivity index (χ0v) is 9.58. The van der Waals surface area contributed by atoms with Gasteiger partial charge in [0.2, 0.25) is 0 Å². The summed E-state index contributed by atoms with van der Waals surface area (Å²) in [6.07, 6.45) is 4.22. The van der Waals surface area contributed by atoms with E-state index in [9.17, 15) is 0 Å². The molecular weight excluding hydrogens is 210 g/mol. The van der Waals surface area contributed by atoms with Gasteiger partial charge in [0.15, 0.2) is 0 Å². The van der Waals surface area contributed by atoms with Gasteiger partial charge in [0.1, 0.15) is 0 Å². The Hall–Kier alpha value is -0.870. The van der Waals surface area contributed by atoms with Gasteiger partial charge in [-0.25, -0.2) is 0 Å². The van der Waals surface area contributed by atoms with Gasteiger partial charge in [0, 0.05) is 6.54 Å². The molecule has 0 spiro atoms. The molecule has 1 saturated heterocycles. The van der Waals surface area contributed by atoms with Crippen molar-refractivity contribution < 1.29 is 9.90 Å². The van der Waals surface area contributed by atoms with Crippen molar-refractivity contribution in [3.05, 3.63) is 22.4 Å². The highest BCUT2D eigenvalue weighted by Gasteiger charge is 2.09. The van der Waals surface area contributed by atoms with Crippen LogP contribution in [-0.4, -0.2) is 29.6 Å². The maximum atomic E-state index is 8.36. The van der Waals surface area contributed by atoms with Crippen molar-refractivity contribution in [2.24, 2.45) is 0 Å². The highest BCUT2D eigenvalue weighted by molar-refractivity contribution is 7.07. The van der Waals surface area contributed by atoms with Gasteiger partial charge in [0.05, 0.1) is 0 Å². The third-order valence-corrected chi connectivity index (χ3v) is 3.17. The summed E-state index contributed by atoms with van der Waals surface area (Å²) in [5, 5.41) is 11.3. The fourth-order valence-corrected chi connectivity index (χ4v) is 2.42. The first-order valence-electron chi connectivity index (χ1n) is 5.18. The second-order valence-electron chi connectivity index (χ2n) is 3.57. The summed E-state index contributed by atoms with van der Waals surface area (Å²) in [6.45, 7) is 3.52. The molecule has 4 heteroatoms. The second-order valence-corrected chi connectivity index (χ2v) is 4.35. The minimum Gasteiger partial charge on any atom is -0.483 e. The molecule has 2 heterocycles. The Morgan fingerprint density at radius 1 is 1.40 bits per heavy atom. The van der Waals surface area contributed by atoms with E-state index in [1.54, 1.807) is 11.3 Å². The molecule has 0 bridgehead atoms. The van der Waals surface area contributed by atoms with E-state index in [0.717, 1.165) is 0 Å². The molecule has 84 valence electrons. The monoisotopic (exact) mass is 227 g/mol. The molecule has 0 unspecified atom stereocenters. The SMILES string of the molecule is O=CO.c1cc(CN2CCCCC2)cs1. The van der Waals surface area contributed by atoms with Gasteiger partial charge < -0.3 is 5.11 Å². The molecule has 1 fully saturated rings. The Balaban J connectivity index is 0.000000337. The van der Waals surface area contributed by atoms with E-state index >= 15 is 0 Å². The molecule has 2 rings (SSSR count). The van der Waals surface area contributed by atoms with E-state index in [-0.39, 0.29) is 6.47 Å². The van der Waals surface area contributed by atoms with Gasteiger partial charge in [-0.05, 0) is 48.3 Å². The van der Waals surface area contributed by atoms with Crippen LogP contribution < -0.4 is 0 Å². The molecular formula is C11H17NO2S. The van der Waals surface area contributed by atoms with Crippen LogP contribution in [0.5, 0.6) is 0 Å². The van der Waals surface area contributed by atoms with Crippen molar-refractivity contribution in [1.29, 1.82) is 0 Å². The van der Waals surface area contributed by atoms with Crippen molar-refractivity contribution in [3.8, 4) is 0 Å². The summed E-state index contributed by atoms with van der Waals surface area (Å²) in [4.78, 5) is 10.9. The van der Waals surface area contributed by atoms with Gasteiger partial charge in [0.25, 0.3) is 6.47 Å². The number of carbonyl (C=O) groups is 1. The Morgan fingerprint density at radius 2 is 2.07 bits per heavy atom. The Kier molecular flexibility index (Phi) is 6.04. The average molecular weight is 227 g/mol. The van der Waals surface area contributed by atoms with E-state index in [2.05, 4.69) is 21.7 Å². The normalized spacial score (nSPS) is 16.5. The van der Waals surface area contributed by atoms with Crippen molar-refractivity contribution >= 4 is 17.8 Å². The van der Waals surface area contributed by atoms with Crippen LogP contribution in [0.15, 0.2) is 16.8 Å². The molecule has 1 aromatic rings. The summed E-state index contributed by atoms with van der Waals surface area (Å²) < 4.78 is 0. The van der Waals surface area contributed by atoms with Crippen molar-refractivity contribution in [2.45, 2.75) is 25.8 Å². The third-order valence-electron chi connectivity index (χ3n) is 2.43. The molecule has 0 aromatic carbocycles. The minimum atomic E-state index is -0.250. The predicted octanol–water partition coefficient (Wildman–Crippen LogP) is 2.43. The number of rotatable bonds is 2.